The lowest BCUT2D eigenvalue weighted by Gasteiger charge is -2.20. The fourth-order valence-electron chi connectivity index (χ4n) is 0.569. The maximum atomic E-state index is 10.3. The SMILES string of the molecule is CC(C)C(O)CN(C)C(=O)O. The van der Waals surface area contributed by atoms with Crippen LogP contribution in [0.25, 0.3) is 0 Å². The minimum absolute atomic E-state index is 0.0943. The molecule has 0 rings (SSSR count). The number of hydrogen-bond donors (Lipinski definition) is 2. The van der Waals surface area contributed by atoms with E-state index in [0.29, 0.717) is 0 Å². The first kappa shape index (κ1) is 10.2. The average molecular weight is 161 g/mol. The number of carbonyl (C=O) groups is 1. The van der Waals surface area contributed by atoms with Crippen LogP contribution in [0.1, 0.15) is 13.8 Å². The van der Waals surface area contributed by atoms with Gasteiger partial charge in [-0.1, -0.05) is 13.8 Å². The number of nitrogens with zero attached hydrogens (tertiary/aromatic N) is 1. The summed E-state index contributed by atoms with van der Waals surface area (Å²) in [6, 6.07) is 0. The third-order valence-electron chi connectivity index (χ3n) is 1.56. The molecule has 0 aliphatic carbocycles. The molecule has 0 aliphatic heterocycles. The standard InChI is InChI=1S/C7H15NO3/c1-5(2)6(9)4-8(3)7(10)11/h5-6,9H,4H2,1-3H3,(H,10,11). The lowest BCUT2D eigenvalue weighted by Crippen LogP contribution is -2.35. The minimum Gasteiger partial charge on any atom is -0.465 e. The van der Waals surface area contributed by atoms with Crippen LogP contribution in [0.15, 0.2) is 0 Å². The normalized spacial score (nSPS) is 13.2. The number of aliphatic hydroxyl groups is 1. The lowest BCUT2D eigenvalue weighted by atomic mass is 10.1. The zero-order valence-corrected chi connectivity index (χ0v) is 7.11. The van der Waals surface area contributed by atoms with Crippen molar-refractivity contribution in [1.82, 2.24) is 4.90 Å². The van der Waals surface area contributed by atoms with Crippen molar-refractivity contribution in [2.45, 2.75) is 20.0 Å². The second kappa shape index (κ2) is 4.18. The summed E-state index contributed by atoms with van der Waals surface area (Å²) in [5.74, 6) is 0.0943. The van der Waals surface area contributed by atoms with E-state index in [1.807, 2.05) is 13.8 Å². The Kier molecular flexibility index (Phi) is 3.89. The molecule has 4 heteroatoms. The Hall–Kier alpha value is -0.770. The highest BCUT2D eigenvalue weighted by Crippen LogP contribution is 2.02. The van der Waals surface area contributed by atoms with E-state index >= 15 is 0 Å². The molecule has 4 nitrogen and oxygen atoms in total. The molecular weight excluding hydrogens is 146 g/mol. The second-order valence-corrected chi connectivity index (χ2v) is 2.97. The van der Waals surface area contributed by atoms with Crippen LogP contribution < -0.4 is 0 Å². The van der Waals surface area contributed by atoms with Gasteiger partial charge in [0.2, 0.25) is 0 Å². The predicted octanol–water partition coefficient (Wildman–Crippen LogP) is 0.613. The number of carboxylic acid groups (broad SMARTS) is 1. The van der Waals surface area contributed by atoms with Gasteiger partial charge in [-0.2, -0.15) is 0 Å². The highest BCUT2D eigenvalue weighted by Gasteiger charge is 2.14. The van der Waals surface area contributed by atoms with Crippen molar-refractivity contribution in [3.8, 4) is 0 Å². The largest absolute Gasteiger partial charge is 0.465 e. The molecule has 1 unspecified atom stereocenters. The summed E-state index contributed by atoms with van der Waals surface area (Å²) in [5, 5.41) is 17.7. The third-order valence-corrected chi connectivity index (χ3v) is 1.56. The summed E-state index contributed by atoms with van der Waals surface area (Å²) in [6.45, 7) is 3.87. The minimum atomic E-state index is -1.01. The highest BCUT2D eigenvalue weighted by molar-refractivity contribution is 5.64. The van der Waals surface area contributed by atoms with E-state index in [-0.39, 0.29) is 12.5 Å². The zero-order chi connectivity index (χ0) is 9.02. The molecule has 1 atom stereocenters. The Morgan fingerprint density at radius 1 is 1.55 bits per heavy atom. The summed E-state index contributed by atoms with van der Waals surface area (Å²) >= 11 is 0. The first-order chi connectivity index (χ1) is 4.95. The summed E-state index contributed by atoms with van der Waals surface area (Å²) in [6.07, 6.45) is -1.58. The van der Waals surface area contributed by atoms with E-state index in [0.717, 1.165) is 4.90 Å². The van der Waals surface area contributed by atoms with Gasteiger partial charge in [-0.3, -0.25) is 0 Å². The average Bonchev–Trinajstić information content (AvgIpc) is 1.87. The Balaban J connectivity index is 3.75. The molecule has 0 spiro atoms. The van der Waals surface area contributed by atoms with E-state index in [1.54, 1.807) is 0 Å². The van der Waals surface area contributed by atoms with Crippen molar-refractivity contribution in [2.75, 3.05) is 13.6 Å². The molecule has 1 amide bonds. The number of aliphatic hydroxyl groups excluding tert-OH is 1. The van der Waals surface area contributed by atoms with Crippen LogP contribution in [0, 0.1) is 5.92 Å². The van der Waals surface area contributed by atoms with Gasteiger partial charge in [0, 0.05) is 13.6 Å². The fraction of sp³-hybridized carbons (Fsp3) is 0.857. The van der Waals surface area contributed by atoms with Gasteiger partial charge in [-0.15, -0.1) is 0 Å². The van der Waals surface area contributed by atoms with Crippen molar-refractivity contribution in [3.05, 3.63) is 0 Å². The van der Waals surface area contributed by atoms with E-state index in [9.17, 15) is 9.90 Å². The Labute approximate surface area is 66.4 Å². The van der Waals surface area contributed by atoms with E-state index < -0.39 is 12.2 Å². The summed E-state index contributed by atoms with van der Waals surface area (Å²) in [4.78, 5) is 11.3. The molecule has 0 bridgehead atoms. The van der Waals surface area contributed by atoms with Gasteiger partial charge in [-0.25, -0.2) is 4.79 Å². The predicted molar refractivity (Wildman–Crippen MR) is 41.5 cm³/mol. The quantitative estimate of drug-likeness (QED) is 0.637. The molecule has 0 saturated heterocycles. The summed E-state index contributed by atoms with van der Waals surface area (Å²) in [5.41, 5.74) is 0. The van der Waals surface area contributed by atoms with Gasteiger partial charge in [0.05, 0.1) is 6.10 Å². The van der Waals surface area contributed by atoms with Crippen LogP contribution >= 0.6 is 0 Å². The summed E-state index contributed by atoms with van der Waals surface area (Å²) < 4.78 is 0. The smallest absolute Gasteiger partial charge is 0.407 e. The molecular formula is C7H15NO3. The Bertz CT molecular complexity index is 136. The number of amides is 1. The van der Waals surface area contributed by atoms with Crippen molar-refractivity contribution in [1.29, 1.82) is 0 Å². The fourth-order valence-corrected chi connectivity index (χ4v) is 0.569. The van der Waals surface area contributed by atoms with Crippen molar-refractivity contribution < 1.29 is 15.0 Å². The zero-order valence-electron chi connectivity index (χ0n) is 7.11. The van der Waals surface area contributed by atoms with Crippen LogP contribution in [0.3, 0.4) is 0 Å². The van der Waals surface area contributed by atoms with Gasteiger partial charge in [0.25, 0.3) is 0 Å². The summed E-state index contributed by atoms with van der Waals surface area (Å²) in [7, 11) is 1.44. The molecule has 66 valence electrons. The molecule has 0 aromatic carbocycles. The van der Waals surface area contributed by atoms with E-state index in [2.05, 4.69) is 0 Å². The molecule has 0 radical (unpaired) electrons. The first-order valence-electron chi connectivity index (χ1n) is 3.57. The molecule has 0 fully saturated rings. The van der Waals surface area contributed by atoms with Crippen LogP contribution in [-0.4, -0.2) is 40.9 Å². The maximum absolute atomic E-state index is 10.3. The third kappa shape index (κ3) is 3.83. The Morgan fingerprint density at radius 3 is 2.27 bits per heavy atom. The van der Waals surface area contributed by atoms with Crippen LogP contribution in [0.2, 0.25) is 0 Å². The van der Waals surface area contributed by atoms with Gasteiger partial charge in [0.1, 0.15) is 0 Å². The number of likely N-dealkylation sites (N-methyl/N-ethyl adjacent to an activating group) is 1. The number of rotatable bonds is 3. The van der Waals surface area contributed by atoms with Gasteiger partial charge < -0.3 is 15.1 Å². The van der Waals surface area contributed by atoms with E-state index in [4.69, 9.17) is 5.11 Å². The van der Waals surface area contributed by atoms with Crippen LogP contribution in [0.5, 0.6) is 0 Å². The van der Waals surface area contributed by atoms with Crippen LogP contribution in [-0.2, 0) is 0 Å². The van der Waals surface area contributed by atoms with Gasteiger partial charge in [0.15, 0.2) is 0 Å². The molecule has 0 aromatic rings. The van der Waals surface area contributed by atoms with Crippen molar-refractivity contribution in [2.24, 2.45) is 5.92 Å². The first-order valence-corrected chi connectivity index (χ1v) is 3.57. The maximum Gasteiger partial charge on any atom is 0.407 e. The molecule has 0 aromatic heterocycles. The molecule has 0 saturated carbocycles. The van der Waals surface area contributed by atoms with E-state index in [1.165, 1.54) is 7.05 Å². The molecule has 0 heterocycles. The highest BCUT2D eigenvalue weighted by atomic mass is 16.4. The second-order valence-electron chi connectivity index (χ2n) is 2.97. The van der Waals surface area contributed by atoms with Crippen molar-refractivity contribution >= 4 is 6.09 Å². The monoisotopic (exact) mass is 161 g/mol. The topological polar surface area (TPSA) is 60.8 Å². The van der Waals surface area contributed by atoms with Gasteiger partial charge >= 0.3 is 6.09 Å². The molecule has 0 aliphatic rings. The Morgan fingerprint density at radius 2 is 2.00 bits per heavy atom. The molecule has 11 heavy (non-hydrogen) atoms. The lowest BCUT2D eigenvalue weighted by molar-refractivity contribution is 0.0804. The molecule has 2 N–H and O–H groups in total. The van der Waals surface area contributed by atoms with Gasteiger partial charge in [-0.05, 0) is 5.92 Å². The number of hydrogen-bond acceptors (Lipinski definition) is 2. The van der Waals surface area contributed by atoms with Crippen molar-refractivity contribution in [3.63, 3.8) is 0 Å². The van der Waals surface area contributed by atoms with Crippen LogP contribution in [0.4, 0.5) is 4.79 Å².